The molecular weight excluding hydrogens is 433 g/mol. The number of amides is 1. The van der Waals surface area contributed by atoms with Crippen LogP contribution in [0.1, 0.15) is 49.3 Å². The smallest absolute Gasteiger partial charge is 0.279 e. The summed E-state index contributed by atoms with van der Waals surface area (Å²) in [5, 5.41) is 3.15. The number of rotatable bonds is 4. The summed E-state index contributed by atoms with van der Waals surface area (Å²) in [6, 6.07) is 16.4. The molecule has 1 amide bonds. The predicted octanol–water partition coefficient (Wildman–Crippen LogP) is 5.65. The number of para-hydroxylation sites is 1. The van der Waals surface area contributed by atoms with Crippen LogP contribution in [-0.4, -0.2) is 36.6 Å². The minimum absolute atomic E-state index is 0. The zero-order valence-corrected chi connectivity index (χ0v) is 21.5. The number of quaternary nitrogens is 1. The maximum absolute atomic E-state index is 12.5. The summed E-state index contributed by atoms with van der Waals surface area (Å²) in [6.45, 7) is 12.4. The van der Waals surface area contributed by atoms with Crippen molar-refractivity contribution in [1.29, 1.82) is 0 Å². The molecule has 0 aliphatic carbocycles. The normalized spacial score (nSPS) is 15.2. The molecule has 0 unspecified atom stereocenters. The van der Waals surface area contributed by atoms with E-state index >= 15 is 0 Å². The first-order valence-corrected chi connectivity index (χ1v) is 10.7. The molecule has 2 aromatic carbocycles. The number of aryl methyl sites for hydroxylation is 3. The quantitative estimate of drug-likeness (QED) is 0.576. The van der Waals surface area contributed by atoms with Gasteiger partial charge in [0.15, 0.2) is 6.54 Å². The van der Waals surface area contributed by atoms with Gasteiger partial charge in [0.2, 0.25) is 0 Å². The van der Waals surface area contributed by atoms with Crippen molar-refractivity contribution in [1.82, 2.24) is 0 Å². The molecule has 1 fully saturated rings. The van der Waals surface area contributed by atoms with Crippen molar-refractivity contribution in [2.24, 2.45) is 0 Å². The zero-order chi connectivity index (χ0) is 20.4. The number of carbonyl (C=O) groups is 1. The molecule has 3 nitrogen and oxygen atoms in total. The monoisotopic (exact) mass is 470 g/mol. The fourth-order valence-corrected chi connectivity index (χ4v) is 3.98. The summed E-state index contributed by atoms with van der Waals surface area (Å²) in [4.78, 5) is 12.5. The second-order valence-corrected chi connectivity index (χ2v) is 8.15. The molecule has 0 aromatic heterocycles. The van der Waals surface area contributed by atoms with E-state index in [1.807, 2.05) is 24.3 Å². The summed E-state index contributed by atoms with van der Waals surface area (Å²) >= 11 is 0. The van der Waals surface area contributed by atoms with Gasteiger partial charge in [-0.05, 0) is 64.5 Å². The predicted molar refractivity (Wildman–Crippen MR) is 120 cm³/mol. The molecule has 0 atom stereocenters. The Balaban J connectivity index is 0.000000445. The van der Waals surface area contributed by atoms with Crippen LogP contribution in [0.3, 0.4) is 0 Å². The van der Waals surface area contributed by atoms with Crippen LogP contribution in [0.15, 0.2) is 48.5 Å². The molecule has 0 saturated carbocycles. The molecule has 1 aliphatic heterocycles. The maximum Gasteiger partial charge on any atom is 0.279 e. The van der Waals surface area contributed by atoms with Crippen LogP contribution in [-0.2, 0) is 37.5 Å². The Hall–Kier alpha value is -1.03. The average molecular weight is 470 g/mol. The van der Waals surface area contributed by atoms with E-state index in [9.17, 15) is 4.79 Å². The molecule has 155 valence electrons. The number of hydrogen-bond acceptors (Lipinski definition) is 1. The van der Waals surface area contributed by atoms with Gasteiger partial charge in [0.25, 0.3) is 5.91 Å². The summed E-state index contributed by atoms with van der Waals surface area (Å²) in [7, 11) is 0. The van der Waals surface area contributed by atoms with Gasteiger partial charge in [0, 0.05) is 38.4 Å². The summed E-state index contributed by atoms with van der Waals surface area (Å²) < 4.78 is 0.955. The number of nitrogens with one attached hydrogen (secondary N) is 1. The van der Waals surface area contributed by atoms with E-state index in [4.69, 9.17) is 0 Å². The molecule has 1 aliphatic rings. The first kappa shape index (κ1) is 26.0. The Bertz CT molecular complexity index is 717. The van der Waals surface area contributed by atoms with Crippen LogP contribution < -0.4 is 5.32 Å². The second kappa shape index (κ2) is 13.3. The average Bonchev–Trinajstić information content (AvgIpc) is 2.92. The minimum Gasteiger partial charge on any atom is -0.321 e. The number of benzene rings is 2. The number of anilines is 1. The summed E-state index contributed by atoms with van der Waals surface area (Å²) in [5.74, 6) is 0.163. The molecule has 1 saturated heterocycles. The number of likely N-dealkylation sites (N-methyl/N-ethyl adjacent to an activating group) is 1. The number of likely N-dealkylation sites (tertiary alicyclic amines) is 1. The third-order valence-electron chi connectivity index (χ3n) is 5.85. The molecule has 4 heteroatoms. The van der Waals surface area contributed by atoms with Gasteiger partial charge in [-0.2, -0.15) is 0 Å². The Morgan fingerprint density at radius 2 is 1.41 bits per heavy atom. The molecular formula is C25H37N2OY+. The molecule has 2 aromatic rings. The van der Waals surface area contributed by atoms with Gasteiger partial charge >= 0.3 is 0 Å². The Morgan fingerprint density at radius 1 is 0.862 bits per heavy atom. The summed E-state index contributed by atoms with van der Waals surface area (Å²) in [5.41, 5.74) is 4.60. The van der Waals surface area contributed by atoms with Crippen LogP contribution in [0, 0.1) is 20.8 Å². The van der Waals surface area contributed by atoms with Crippen LogP contribution in [0.2, 0.25) is 0 Å². The van der Waals surface area contributed by atoms with Gasteiger partial charge in [0.1, 0.15) is 0 Å². The van der Waals surface area contributed by atoms with Gasteiger partial charge in [-0.1, -0.05) is 54.1 Å². The van der Waals surface area contributed by atoms with Crippen molar-refractivity contribution in [3.05, 3.63) is 65.2 Å². The zero-order valence-electron chi connectivity index (χ0n) is 18.7. The van der Waals surface area contributed by atoms with Gasteiger partial charge in [-0.25, -0.2) is 0 Å². The van der Waals surface area contributed by atoms with Gasteiger partial charge in [0.05, 0.1) is 19.6 Å². The van der Waals surface area contributed by atoms with Crippen molar-refractivity contribution < 1.29 is 42.0 Å². The van der Waals surface area contributed by atoms with Crippen LogP contribution in [0.25, 0.3) is 0 Å². The van der Waals surface area contributed by atoms with Gasteiger partial charge in [-0.3, -0.25) is 4.79 Å². The van der Waals surface area contributed by atoms with E-state index in [1.165, 1.54) is 31.2 Å². The Labute approximate surface area is 202 Å². The first-order valence-electron chi connectivity index (χ1n) is 10.7. The van der Waals surface area contributed by atoms with Crippen molar-refractivity contribution >= 4 is 11.6 Å². The second-order valence-electron chi connectivity index (χ2n) is 8.15. The van der Waals surface area contributed by atoms with Crippen molar-refractivity contribution in [3.8, 4) is 0 Å². The molecule has 0 spiro atoms. The third kappa shape index (κ3) is 8.70. The third-order valence-corrected chi connectivity index (χ3v) is 5.85. The van der Waals surface area contributed by atoms with E-state index in [-0.39, 0.29) is 38.6 Å². The van der Waals surface area contributed by atoms with Gasteiger partial charge in [-0.15, -0.1) is 0 Å². The summed E-state index contributed by atoms with van der Waals surface area (Å²) in [6.07, 6.45) is 5.14. The van der Waals surface area contributed by atoms with Crippen LogP contribution >= 0.6 is 0 Å². The number of hydrogen-bond donors (Lipinski definition) is 1. The SMILES string of the molecule is CC[N+]1(CC(=O)Nc2c(C)cccc2C)CCCCCC1.Cc1ccccc1.[Y]. The number of carbonyl (C=O) groups excluding carboxylic acids is 1. The minimum atomic E-state index is 0. The van der Waals surface area contributed by atoms with E-state index in [1.54, 1.807) is 0 Å². The molecule has 1 heterocycles. The van der Waals surface area contributed by atoms with E-state index in [2.05, 4.69) is 57.3 Å². The molecule has 3 rings (SSSR count). The molecule has 29 heavy (non-hydrogen) atoms. The topological polar surface area (TPSA) is 29.1 Å². The fraction of sp³-hybridized carbons (Fsp3) is 0.480. The van der Waals surface area contributed by atoms with Crippen LogP contribution in [0.5, 0.6) is 0 Å². The van der Waals surface area contributed by atoms with Crippen molar-refractivity contribution in [2.75, 3.05) is 31.5 Å². The largest absolute Gasteiger partial charge is 0.321 e. The Kier molecular flexibility index (Phi) is 11.9. The van der Waals surface area contributed by atoms with Gasteiger partial charge < -0.3 is 9.80 Å². The van der Waals surface area contributed by atoms with E-state index in [0.717, 1.165) is 40.9 Å². The molecule has 1 N–H and O–H groups in total. The van der Waals surface area contributed by atoms with E-state index in [0.29, 0.717) is 6.54 Å². The Morgan fingerprint density at radius 3 is 1.86 bits per heavy atom. The van der Waals surface area contributed by atoms with Crippen molar-refractivity contribution in [3.63, 3.8) is 0 Å². The molecule has 1 radical (unpaired) electrons. The first-order chi connectivity index (χ1) is 13.5. The maximum atomic E-state index is 12.5. The molecule has 0 bridgehead atoms. The van der Waals surface area contributed by atoms with Crippen molar-refractivity contribution in [2.45, 2.75) is 53.4 Å². The number of nitrogens with zero attached hydrogens (tertiary/aromatic N) is 1. The van der Waals surface area contributed by atoms with E-state index < -0.39 is 0 Å². The van der Waals surface area contributed by atoms with Crippen LogP contribution in [0.4, 0.5) is 5.69 Å². The standard InChI is InChI=1S/C18H28N2O.C7H8.Y/c1-4-20(12-7-5-6-8-13-20)14-17(21)19-18-15(2)10-9-11-16(18)3;1-7-5-3-2-4-6-7;/h9-11H,4-8,12-14H2,1-3H3;2-6H,1H3;/p+1. The fourth-order valence-electron chi connectivity index (χ4n) is 3.98.